The molecule has 2 aromatic rings. The molecule has 0 radical (unpaired) electrons. The molecule has 0 fully saturated rings. The highest BCUT2D eigenvalue weighted by Gasteiger charge is 2.13. The van der Waals surface area contributed by atoms with Crippen LogP contribution in [0.5, 0.6) is 5.75 Å². The number of H-pyrrole nitrogens is 1. The van der Waals surface area contributed by atoms with E-state index < -0.39 is 23.2 Å². The molecular formula is C14H13N3O5S. The number of anilines is 1. The van der Waals surface area contributed by atoms with Gasteiger partial charge in [0.1, 0.15) is 22.8 Å². The minimum Gasteiger partial charge on any atom is -0.507 e. The number of carboxylic acid groups (broad SMARTS) is 1. The number of carbonyl (C=O) groups excluding carboxylic acids is 1. The number of phenols is 1. The highest BCUT2D eigenvalue weighted by Crippen LogP contribution is 2.22. The van der Waals surface area contributed by atoms with Crippen molar-refractivity contribution < 1.29 is 19.8 Å². The van der Waals surface area contributed by atoms with Gasteiger partial charge in [-0.3, -0.25) is 9.59 Å². The molecule has 0 aliphatic heterocycles. The predicted molar refractivity (Wildman–Crippen MR) is 85.1 cm³/mol. The number of hydrogen-bond acceptors (Lipinski definition) is 6. The fourth-order valence-electron chi connectivity index (χ4n) is 1.81. The average molecular weight is 335 g/mol. The zero-order valence-corrected chi connectivity index (χ0v) is 12.8. The third-order valence-corrected chi connectivity index (χ3v) is 3.35. The number of carbonyl (C=O) groups is 2. The SMILES string of the molecule is CSCc1nc(C(=O)Nc2ccc(C(=O)O)c(O)c2)cc(=O)[nH]1. The van der Waals surface area contributed by atoms with Crippen molar-refractivity contribution in [3.8, 4) is 5.75 Å². The summed E-state index contributed by atoms with van der Waals surface area (Å²) in [5, 5.41) is 20.9. The lowest BCUT2D eigenvalue weighted by molar-refractivity contribution is 0.0693. The summed E-state index contributed by atoms with van der Waals surface area (Å²) < 4.78 is 0. The lowest BCUT2D eigenvalue weighted by Crippen LogP contribution is -2.20. The van der Waals surface area contributed by atoms with Crippen molar-refractivity contribution in [2.75, 3.05) is 11.6 Å². The maximum Gasteiger partial charge on any atom is 0.339 e. The summed E-state index contributed by atoms with van der Waals surface area (Å²) in [6.45, 7) is 0. The first-order chi connectivity index (χ1) is 10.9. The molecule has 9 heteroatoms. The Kier molecular flexibility index (Phi) is 5.02. The molecule has 4 N–H and O–H groups in total. The van der Waals surface area contributed by atoms with Gasteiger partial charge in [-0.15, -0.1) is 0 Å². The van der Waals surface area contributed by atoms with Crippen molar-refractivity contribution in [3.63, 3.8) is 0 Å². The van der Waals surface area contributed by atoms with Gasteiger partial charge >= 0.3 is 5.97 Å². The molecule has 0 spiro atoms. The zero-order valence-electron chi connectivity index (χ0n) is 12.0. The molecule has 1 heterocycles. The molecule has 0 bridgehead atoms. The maximum atomic E-state index is 12.1. The average Bonchev–Trinajstić information content (AvgIpc) is 2.46. The van der Waals surface area contributed by atoms with Crippen molar-refractivity contribution in [3.05, 3.63) is 51.7 Å². The van der Waals surface area contributed by atoms with E-state index in [0.717, 1.165) is 18.2 Å². The van der Waals surface area contributed by atoms with Crippen LogP contribution >= 0.6 is 11.8 Å². The first-order valence-electron chi connectivity index (χ1n) is 6.37. The van der Waals surface area contributed by atoms with Gasteiger partial charge in [0.2, 0.25) is 0 Å². The number of aromatic carboxylic acids is 1. The van der Waals surface area contributed by atoms with E-state index in [1.807, 2.05) is 6.26 Å². The smallest absolute Gasteiger partial charge is 0.339 e. The maximum absolute atomic E-state index is 12.1. The monoisotopic (exact) mass is 335 g/mol. The third kappa shape index (κ3) is 4.10. The van der Waals surface area contributed by atoms with Crippen LogP contribution < -0.4 is 10.9 Å². The number of thioether (sulfide) groups is 1. The largest absolute Gasteiger partial charge is 0.507 e. The zero-order chi connectivity index (χ0) is 17.0. The van der Waals surface area contributed by atoms with E-state index in [4.69, 9.17) is 5.11 Å². The van der Waals surface area contributed by atoms with Crippen LogP contribution in [0.15, 0.2) is 29.1 Å². The van der Waals surface area contributed by atoms with E-state index in [0.29, 0.717) is 11.6 Å². The van der Waals surface area contributed by atoms with E-state index in [1.165, 1.54) is 17.8 Å². The van der Waals surface area contributed by atoms with Gasteiger partial charge in [-0.1, -0.05) is 0 Å². The van der Waals surface area contributed by atoms with E-state index in [-0.39, 0.29) is 16.9 Å². The first kappa shape index (κ1) is 16.6. The summed E-state index contributed by atoms with van der Waals surface area (Å²) in [5.74, 6) is -1.57. The van der Waals surface area contributed by atoms with Gasteiger partial charge < -0.3 is 20.5 Å². The highest BCUT2D eigenvalue weighted by molar-refractivity contribution is 7.97. The first-order valence-corrected chi connectivity index (χ1v) is 7.77. The number of nitrogens with zero attached hydrogens (tertiary/aromatic N) is 1. The Morgan fingerprint density at radius 2 is 2.09 bits per heavy atom. The second-order valence-electron chi connectivity index (χ2n) is 4.50. The molecule has 0 saturated heterocycles. The van der Waals surface area contributed by atoms with Crippen LogP contribution in [0.25, 0.3) is 0 Å². The summed E-state index contributed by atoms with van der Waals surface area (Å²) >= 11 is 1.44. The van der Waals surface area contributed by atoms with Crippen LogP contribution in [0.3, 0.4) is 0 Å². The molecule has 1 aromatic heterocycles. The van der Waals surface area contributed by atoms with Gasteiger partial charge in [0.05, 0.1) is 5.75 Å². The molecule has 8 nitrogen and oxygen atoms in total. The van der Waals surface area contributed by atoms with Gasteiger partial charge in [0, 0.05) is 17.8 Å². The normalized spacial score (nSPS) is 10.3. The number of carboxylic acids is 1. The highest BCUT2D eigenvalue weighted by atomic mass is 32.2. The van der Waals surface area contributed by atoms with Gasteiger partial charge in [-0.2, -0.15) is 11.8 Å². The minimum atomic E-state index is -1.28. The predicted octanol–water partition coefficient (Wildman–Crippen LogP) is 1.29. The summed E-state index contributed by atoms with van der Waals surface area (Å²) in [7, 11) is 0. The molecule has 23 heavy (non-hydrogen) atoms. The molecule has 1 amide bonds. The number of rotatable bonds is 5. The van der Waals surface area contributed by atoms with Crippen molar-refractivity contribution >= 4 is 29.3 Å². The van der Waals surface area contributed by atoms with Crippen molar-refractivity contribution in [2.24, 2.45) is 0 Å². The molecular weight excluding hydrogens is 322 g/mol. The second kappa shape index (κ2) is 6.97. The van der Waals surface area contributed by atoms with Gasteiger partial charge in [0.25, 0.3) is 11.5 Å². The number of nitrogens with one attached hydrogen (secondary N) is 2. The quantitative estimate of drug-likeness (QED) is 0.647. The third-order valence-electron chi connectivity index (χ3n) is 2.79. The molecule has 0 unspecified atom stereocenters. The van der Waals surface area contributed by atoms with Gasteiger partial charge in [-0.25, -0.2) is 9.78 Å². The lowest BCUT2D eigenvalue weighted by Gasteiger charge is -2.07. The van der Waals surface area contributed by atoms with Gasteiger partial charge in [-0.05, 0) is 18.4 Å². The molecule has 120 valence electrons. The van der Waals surface area contributed by atoms with E-state index in [1.54, 1.807) is 0 Å². The van der Waals surface area contributed by atoms with E-state index >= 15 is 0 Å². The molecule has 0 aliphatic carbocycles. The summed E-state index contributed by atoms with van der Waals surface area (Å²) in [6, 6.07) is 4.66. The molecule has 1 aromatic carbocycles. The number of benzene rings is 1. The number of aromatic nitrogens is 2. The van der Waals surface area contributed by atoms with Crippen molar-refractivity contribution in [1.82, 2.24) is 9.97 Å². The summed E-state index contributed by atoms with van der Waals surface area (Å²) in [4.78, 5) is 41.0. The molecule has 0 atom stereocenters. The Morgan fingerprint density at radius 1 is 1.35 bits per heavy atom. The number of aromatic hydroxyl groups is 1. The number of amides is 1. The van der Waals surface area contributed by atoms with Crippen LogP contribution in [0.4, 0.5) is 5.69 Å². The Bertz CT molecular complexity index is 818. The lowest BCUT2D eigenvalue weighted by atomic mass is 10.2. The molecule has 2 rings (SSSR count). The number of aromatic amines is 1. The van der Waals surface area contributed by atoms with Crippen LogP contribution in [0, 0.1) is 0 Å². The fraction of sp³-hybridized carbons (Fsp3) is 0.143. The molecule has 0 saturated carbocycles. The Balaban J connectivity index is 2.24. The minimum absolute atomic E-state index is 0.0698. The Labute approximate surface area is 134 Å². The summed E-state index contributed by atoms with van der Waals surface area (Å²) in [5.41, 5.74) is -0.608. The fourth-order valence-corrected chi connectivity index (χ4v) is 2.23. The van der Waals surface area contributed by atoms with E-state index in [9.17, 15) is 19.5 Å². The van der Waals surface area contributed by atoms with E-state index in [2.05, 4.69) is 15.3 Å². The Morgan fingerprint density at radius 3 is 2.70 bits per heavy atom. The topological polar surface area (TPSA) is 132 Å². The standard InChI is InChI=1S/C14H13N3O5S/c1-23-6-11-16-9(5-12(19)17-11)13(20)15-7-2-3-8(14(21)22)10(18)4-7/h2-5,18H,6H2,1H3,(H,15,20)(H,21,22)(H,16,17,19). The second-order valence-corrected chi connectivity index (χ2v) is 5.37. The number of hydrogen-bond donors (Lipinski definition) is 4. The van der Waals surface area contributed by atoms with Crippen LogP contribution in [-0.2, 0) is 5.75 Å². The van der Waals surface area contributed by atoms with Crippen LogP contribution in [-0.4, -0.2) is 38.3 Å². The van der Waals surface area contributed by atoms with Crippen LogP contribution in [0.1, 0.15) is 26.7 Å². The van der Waals surface area contributed by atoms with Crippen molar-refractivity contribution in [1.29, 1.82) is 0 Å². The molecule has 0 aliphatic rings. The van der Waals surface area contributed by atoms with Gasteiger partial charge in [0.15, 0.2) is 0 Å². The Hall–Kier alpha value is -2.81. The van der Waals surface area contributed by atoms with Crippen LogP contribution in [0.2, 0.25) is 0 Å². The van der Waals surface area contributed by atoms with Crippen molar-refractivity contribution in [2.45, 2.75) is 5.75 Å². The summed E-state index contributed by atoms with van der Waals surface area (Å²) in [6.07, 6.45) is 1.83.